The second-order valence-corrected chi connectivity index (χ2v) is 8.57. The maximum Gasteiger partial charge on any atom is 0.300 e. The molecule has 0 aliphatic carbocycles. The summed E-state index contributed by atoms with van der Waals surface area (Å²) in [6.07, 6.45) is 5.06. The maximum atomic E-state index is 12.8. The molecule has 3 heterocycles. The summed E-state index contributed by atoms with van der Waals surface area (Å²) in [5.41, 5.74) is 1.05. The SMILES string of the molecule is CC(=O)O.O=C(c1cnc2nc(N3CCCCC3)sc2c1)c1cc(Cl)cc(Cl)c1O. The number of piperidine rings is 1. The van der Waals surface area contributed by atoms with Crippen LogP contribution < -0.4 is 4.90 Å². The number of hydrogen-bond acceptors (Lipinski definition) is 7. The number of rotatable bonds is 3. The number of ketones is 1. The first kappa shape index (κ1) is 22.3. The highest BCUT2D eigenvalue weighted by atomic mass is 35.5. The van der Waals surface area contributed by atoms with E-state index in [-0.39, 0.29) is 27.1 Å². The fourth-order valence-corrected chi connectivity index (χ4v) is 4.56. The fourth-order valence-electron chi connectivity index (χ4n) is 3.05. The number of hydrogen-bond donors (Lipinski definition) is 2. The van der Waals surface area contributed by atoms with E-state index in [4.69, 9.17) is 33.1 Å². The molecule has 10 heteroatoms. The van der Waals surface area contributed by atoms with Gasteiger partial charge in [-0.1, -0.05) is 34.5 Å². The Morgan fingerprint density at radius 2 is 1.80 bits per heavy atom. The lowest BCUT2D eigenvalue weighted by atomic mass is 10.0. The third kappa shape index (κ3) is 5.19. The molecule has 0 atom stereocenters. The summed E-state index contributed by atoms with van der Waals surface area (Å²) >= 11 is 13.4. The number of fused-ring (bicyclic) bond motifs is 1. The predicted molar refractivity (Wildman–Crippen MR) is 118 cm³/mol. The Labute approximate surface area is 186 Å². The summed E-state index contributed by atoms with van der Waals surface area (Å²) in [5, 5.41) is 18.8. The van der Waals surface area contributed by atoms with E-state index in [1.165, 1.54) is 48.9 Å². The number of carboxylic acid groups (broad SMARTS) is 1. The Balaban J connectivity index is 0.000000589. The molecule has 1 saturated heterocycles. The standard InChI is InChI=1S/C18H15Cl2N3O2S.C2H4O2/c19-11-7-12(16(25)13(20)8-11)15(24)10-6-14-17(21-9-10)22-18(26-14)23-4-2-1-3-5-23;1-2(3)4/h6-9,25H,1-5H2;1H3,(H,3,4). The molecule has 4 rings (SSSR count). The normalized spacial score (nSPS) is 13.6. The van der Waals surface area contributed by atoms with Gasteiger partial charge in [-0.15, -0.1) is 0 Å². The molecule has 3 aromatic rings. The van der Waals surface area contributed by atoms with Crippen molar-refractivity contribution >= 4 is 61.8 Å². The minimum atomic E-state index is -0.833. The van der Waals surface area contributed by atoms with Gasteiger partial charge in [-0.2, -0.15) is 4.98 Å². The molecule has 0 bridgehead atoms. The van der Waals surface area contributed by atoms with Gasteiger partial charge in [-0.25, -0.2) is 4.98 Å². The number of halogens is 2. The molecule has 2 aromatic heterocycles. The van der Waals surface area contributed by atoms with Crippen LogP contribution in [0.1, 0.15) is 42.1 Å². The number of aliphatic carboxylic acids is 1. The number of carbonyl (C=O) groups is 2. The summed E-state index contributed by atoms with van der Waals surface area (Å²) in [6.45, 7) is 3.08. The van der Waals surface area contributed by atoms with Crippen molar-refractivity contribution in [3.63, 3.8) is 0 Å². The van der Waals surface area contributed by atoms with E-state index < -0.39 is 5.97 Å². The van der Waals surface area contributed by atoms with Gasteiger partial charge in [0.15, 0.2) is 16.6 Å². The maximum absolute atomic E-state index is 12.8. The molecule has 1 aliphatic heterocycles. The van der Waals surface area contributed by atoms with Crippen LogP contribution in [0.4, 0.5) is 5.13 Å². The molecule has 30 heavy (non-hydrogen) atoms. The van der Waals surface area contributed by atoms with Crippen molar-refractivity contribution < 1.29 is 19.8 Å². The van der Waals surface area contributed by atoms with E-state index in [1.54, 1.807) is 6.07 Å². The third-order valence-electron chi connectivity index (χ3n) is 4.40. The number of aromatic hydroxyl groups is 1. The number of nitrogens with zero attached hydrogens (tertiary/aromatic N) is 3. The molecule has 1 aliphatic rings. The summed E-state index contributed by atoms with van der Waals surface area (Å²) in [5.74, 6) is -1.49. The van der Waals surface area contributed by atoms with Crippen LogP contribution in [0.2, 0.25) is 10.0 Å². The van der Waals surface area contributed by atoms with Crippen molar-refractivity contribution in [3.8, 4) is 5.75 Å². The lowest BCUT2D eigenvalue weighted by Crippen LogP contribution is -2.29. The molecule has 7 nitrogen and oxygen atoms in total. The van der Waals surface area contributed by atoms with Crippen LogP contribution >= 0.6 is 34.5 Å². The highest BCUT2D eigenvalue weighted by Gasteiger charge is 2.20. The highest BCUT2D eigenvalue weighted by molar-refractivity contribution is 7.22. The topological polar surface area (TPSA) is 104 Å². The Hall–Kier alpha value is -2.42. The van der Waals surface area contributed by atoms with Gasteiger partial charge >= 0.3 is 0 Å². The molecule has 0 amide bonds. The van der Waals surface area contributed by atoms with Crippen LogP contribution in [0.25, 0.3) is 10.3 Å². The zero-order valence-corrected chi connectivity index (χ0v) is 18.4. The van der Waals surface area contributed by atoms with E-state index in [1.807, 2.05) is 0 Å². The van der Waals surface area contributed by atoms with Gasteiger partial charge in [0.1, 0.15) is 5.75 Å². The smallest absolute Gasteiger partial charge is 0.300 e. The van der Waals surface area contributed by atoms with E-state index in [9.17, 15) is 9.90 Å². The number of phenols is 1. The first-order valence-corrected chi connectivity index (χ1v) is 10.8. The van der Waals surface area contributed by atoms with E-state index in [2.05, 4.69) is 14.9 Å². The number of benzene rings is 1. The first-order valence-electron chi connectivity index (χ1n) is 9.20. The van der Waals surface area contributed by atoms with Crippen molar-refractivity contribution in [1.29, 1.82) is 0 Å². The number of aromatic nitrogens is 2. The largest absolute Gasteiger partial charge is 0.506 e. The Morgan fingerprint density at radius 3 is 2.47 bits per heavy atom. The van der Waals surface area contributed by atoms with Gasteiger partial charge in [0.2, 0.25) is 0 Å². The zero-order valence-electron chi connectivity index (χ0n) is 16.1. The fraction of sp³-hybridized carbons (Fsp3) is 0.300. The van der Waals surface area contributed by atoms with Crippen LogP contribution in [0.5, 0.6) is 5.75 Å². The van der Waals surface area contributed by atoms with Gasteiger partial charge in [-0.05, 0) is 37.5 Å². The highest BCUT2D eigenvalue weighted by Crippen LogP contribution is 2.34. The number of carbonyl (C=O) groups excluding carboxylic acids is 1. The number of phenolic OH excluding ortho intramolecular Hbond substituents is 1. The van der Waals surface area contributed by atoms with Crippen molar-refractivity contribution in [2.24, 2.45) is 0 Å². The monoisotopic (exact) mass is 467 g/mol. The Kier molecular flexibility index (Phi) is 7.12. The minimum Gasteiger partial charge on any atom is -0.506 e. The molecule has 0 unspecified atom stereocenters. The number of anilines is 1. The van der Waals surface area contributed by atoms with Gasteiger partial charge in [-0.3, -0.25) is 9.59 Å². The molecule has 1 fully saturated rings. The van der Waals surface area contributed by atoms with E-state index >= 15 is 0 Å². The average Bonchev–Trinajstić information content (AvgIpc) is 3.14. The lowest BCUT2D eigenvalue weighted by Gasteiger charge is -2.25. The quantitative estimate of drug-likeness (QED) is 0.521. The summed E-state index contributed by atoms with van der Waals surface area (Å²) < 4.78 is 0.837. The molecule has 0 saturated carbocycles. The zero-order chi connectivity index (χ0) is 21.8. The van der Waals surface area contributed by atoms with Crippen molar-refractivity contribution in [2.75, 3.05) is 18.0 Å². The third-order valence-corrected chi connectivity index (χ3v) is 5.96. The molecule has 158 valence electrons. The van der Waals surface area contributed by atoms with Gasteiger partial charge in [0.25, 0.3) is 5.97 Å². The van der Waals surface area contributed by atoms with Crippen LogP contribution in [0, 0.1) is 0 Å². The van der Waals surface area contributed by atoms with Crippen molar-refractivity contribution in [2.45, 2.75) is 26.2 Å². The lowest BCUT2D eigenvalue weighted by molar-refractivity contribution is -0.134. The number of pyridine rings is 1. The van der Waals surface area contributed by atoms with Crippen LogP contribution in [0.15, 0.2) is 24.4 Å². The van der Waals surface area contributed by atoms with Crippen LogP contribution in [-0.4, -0.2) is 45.0 Å². The van der Waals surface area contributed by atoms with Crippen molar-refractivity contribution in [3.05, 3.63) is 45.6 Å². The van der Waals surface area contributed by atoms with Crippen LogP contribution in [-0.2, 0) is 4.79 Å². The van der Waals surface area contributed by atoms with E-state index in [0.717, 1.165) is 29.8 Å². The first-order chi connectivity index (χ1) is 14.3. The number of carboxylic acids is 1. The molecule has 2 N–H and O–H groups in total. The Morgan fingerprint density at radius 1 is 1.13 bits per heavy atom. The average molecular weight is 468 g/mol. The second kappa shape index (κ2) is 9.59. The van der Waals surface area contributed by atoms with Gasteiger partial charge in [0, 0.05) is 36.8 Å². The Bertz CT molecular complexity index is 1090. The molecule has 1 aromatic carbocycles. The summed E-state index contributed by atoms with van der Waals surface area (Å²) in [4.78, 5) is 33.0. The number of thiazole rings is 1. The molecular weight excluding hydrogens is 449 g/mol. The second-order valence-electron chi connectivity index (χ2n) is 6.72. The molecule has 0 spiro atoms. The van der Waals surface area contributed by atoms with Crippen LogP contribution in [0.3, 0.4) is 0 Å². The summed E-state index contributed by atoms with van der Waals surface area (Å²) in [6, 6.07) is 4.55. The minimum absolute atomic E-state index is 0.0417. The van der Waals surface area contributed by atoms with E-state index in [0.29, 0.717) is 11.2 Å². The summed E-state index contributed by atoms with van der Waals surface area (Å²) in [7, 11) is 0. The van der Waals surface area contributed by atoms with Gasteiger partial charge in [0.05, 0.1) is 15.3 Å². The predicted octanol–water partition coefficient (Wildman–Crippen LogP) is 5.02. The van der Waals surface area contributed by atoms with Gasteiger partial charge < -0.3 is 15.1 Å². The molecule has 0 radical (unpaired) electrons. The molecular formula is C20H19Cl2N3O4S. The van der Waals surface area contributed by atoms with Crippen molar-refractivity contribution in [1.82, 2.24) is 9.97 Å².